The fourth-order valence-electron chi connectivity index (χ4n) is 2.16. The lowest BCUT2D eigenvalue weighted by atomic mass is 10.1. The third-order valence-electron chi connectivity index (χ3n) is 3.02. The van der Waals surface area contributed by atoms with Crippen LogP contribution in [0.3, 0.4) is 0 Å². The average Bonchev–Trinajstić information content (AvgIpc) is 2.73. The molecule has 0 amide bonds. The summed E-state index contributed by atoms with van der Waals surface area (Å²) in [7, 11) is 0. The quantitative estimate of drug-likeness (QED) is 0.842. The molecular formula is C13H19NOS. The van der Waals surface area contributed by atoms with Crippen LogP contribution in [-0.4, -0.2) is 28.8 Å². The van der Waals surface area contributed by atoms with Crippen molar-refractivity contribution >= 4 is 11.8 Å². The van der Waals surface area contributed by atoms with E-state index in [4.69, 9.17) is 0 Å². The summed E-state index contributed by atoms with van der Waals surface area (Å²) in [6.07, 6.45) is 1.20. The molecule has 16 heavy (non-hydrogen) atoms. The number of thioether (sulfide) groups is 1. The lowest BCUT2D eigenvalue weighted by Crippen LogP contribution is -2.34. The van der Waals surface area contributed by atoms with Crippen LogP contribution in [0.2, 0.25) is 0 Å². The molecule has 1 aromatic rings. The average molecular weight is 237 g/mol. The molecule has 2 nitrogen and oxygen atoms in total. The monoisotopic (exact) mass is 237 g/mol. The molecule has 3 atom stereocenters. The molecule has 3 heteroatoms. The minimum absolute atomic E-state index is 0.0806. The first-order valence-corrected chi connectivity index (χ1v) is 6.88. The SMILES string of the molecule is CC1CC(N[C@H](CO)c2ccccc2)CS1. The molecule has 1 aliphatic rings. The predicted molar refractivity (Wildman–Crippen MR) is 69.7 cm³/mol. The van der Waals surface area contributed by atoms with E-state index in [0.29, 0.717) is 6.04 Å². The highest BCUT2D eigenvalue weighted by molar-refractivity contribution is 8.00. The van der Waals surface area contributed by atoms with Crippen LogP contribution in [0.5, 0.6) is 0 Å². The fourth-order valence-corrected chi connectivity index (χ4v) is 3.32. The zero-order chi connectivity index (χ0) is 11.4. The molecule has 1 aliphatic heterocycles. The van der Waals surface area contributed by atoms with Gasteiger partial charge in [0.1, 0.15) is 0 Å². The number of benzene rings is 1. The van der Waals surface area contributed by atoms with Crippen LogP contribution < -0.4 is 5.32 Å². The van der Waals surface area contributed by atoms with Crippen LogP contribution in [0.4, 0.5) is 0 Å². The van der Waals surface area contributed by atoms with Crippen molar-refractivity contribution in [3.8, 4) is 0 Å². The van der Waals surface area contributed by atoms with Crippen LogP contribution in [0.1, 0.15) is 24.9 Å². The Morgan fingerprint density at radius 2 is 2.19 bits per heavy atom. The van der Waals surface area contributed by atoms with Gasteiger partial charge in [0.05, 0.1) is 12.6 Å². The van der Waals surface area contributed by atoms with E-state index in [-0.39, 0.29) is 12.6 Å². The van der Waals surface area contributed by atoms with Gasteiger partial charge in [0.2, 0.25) is 0 Å². The van der Waals surface area contributed by atoms with E-state index in [1.807, 2.05) is 30.0 Å². The van der Waals surface area contributed by atoms with Gasteiger partial charge >= 0.3 is 0 Å². The standard InChI is InChI=1S/C13H19NOS/c1-10-7-12(9-16-10)14-13(8-15)11-5-3-2-4-6-11/h2-6,10,12-15H,7-9H2,1H3/t10?,12?,13-/m1/s1. The Morgan fingerprint density at radius 3 is 2.75 bits per heavy atom. The van der Waals surface area contributed by atoms with Crippen molar-refractivity contribution < 1.29 is 5.11 Å². The number of nitrogens with one attached hydrogen (secondary N) is 1. The Morgan fingerprint density at radius 1 is 1.44 bits per heavy atom. The molecule has 1 heterocycles. The van der Waals surface area contributed by atoms with Gasteiger partial charge in [-0.15, -0.1) is 0 Å². The maximum atomic E-state index is 9.44. The van der Waals surface area contributed by atoms with E-state index in [1.165, 1.54) is 12.0 Å². The fraction of sp³-hybridized carbons (Fsp3) is 0.538. The van der Waals surface area contributed by atoms with Crippen molar-refractivity contribution in [2.75, 3.05) is 12.4 Å². The molecule has 2 rings (SSSR count). The van der Waals surface area contributed by atoms with Crippen LogP contribution in [-0.2, 0) is 0 Å². The summed E-state index contributed by atoms with van der Waals surface area (Å²) in [6.45, 7) is 2.43. The third-order valence-corrected chi connectivity index (χ3v) is 4.38. The van der Waals surface area contributed by atoms with Crippen molar-refractivity contribution in [3.63, 3.8) is 0 Å². The molecule has 0 aromatic heterocycles. The van der Waals surface area contributed by atoms with Crippen molar-refractivity contribution in [3.05, 3.63) is 35.9 Å². The normalized spacial score (nSPS) is 26.9. The number of aliphatic hydroxyl groups is 1. The topological polar surface area (TPSA) is 32.3 Å². The van der Waals surface area contributed by atoms with E-state index in [9.17, 15) is 5.11 Å². The summed E-state index contributed by atoms with van der Waals surface area (Å²) in [5, 5.41) is 13.7. The van der Waals surface area contributed by atoms with E-state index in [1.54, 1.807) is 0 Å². The highest BCUT2D eigenvalue weighted by Gasteiger charge is 2.24. The van der Waals surface area contributed by atoms with Gasteiger partial charge in [-0.05, 0) is 12.0 Å². The molecular weight excluding hydrogens is 218 g/mol. The smallest absolute Gasteiger partial charge is 0.0626 e. The Balaban J connectivity index is 1.96. The van der Waals surface area contributed by atoms with Crippen molar-refractivity contribution in [2.45, 2.75) is 30.7 Å². The first-order chi connectivity index (χ1) is 7.79. The van der Waals surface area contributed by atoms with Crippen LogP contribution >= 0.6 is 11.8 Å². The van der Waals surface area contributed by atoms with Gasteiger partial charge in [-0.2, -0.15) is 11.8 Å². The van der Waals surface area contributed by atoms with Crippen LogP contribution in [0.25, 0.3) is 0 Å². The molecule has 1 fully saturated rings. The lowest BCUT2D eigenvalue weighted by molar-refractivity contribution is 0.235. The number of aliphatic hydroxyl groups excluding tert-OH is 1. The summed E-state index contributed by atoms with van der Waals surface area (Å²) < 4.78 is 0. The van der Waals surface area contributed by atoms with E-state index >= 15 is 0 Å². The molecule has 0 saturated carbocycles. The van der Waals surface area contributed by atoms with E-state index in [0.717, 1.165) is 11.0 Å². The van der Waals surface area contributed by atoms with Crippen molar-refractivity contribution in [1.82, 2.24) is 5.32 Å². The molecule has 0 radical (unpaired) electrons. The third kappa shape index (κ3) is 3.00. The minimum atomic E-state index is 0.0806. The Labute approximate surface area is 101 Å². The van der Waals surface area contributed by atoms with Gasteiger partial charge in [-0.3, -0.25) is 0 Å². The minimum Gasteiger partial charge on any atom is -0.394 e. The second kappa shape index (κ2) is 5.71. The second-order valence-electron chi connectivity index (χ2n) is 4.39. The summed E-state index contributed by atoms with van der Waals surface area (Å²) in [4.78, 5) is 0. The maximum absolute atomic E-state index is 9.44. The van der Waals surface area contributed by atoms with Gasteiger partial charge in [0, 0.05) is 17.0 Å². The van der Waals surface area contributed by atoms with Gasteiger partial charge < -0.3 is 10.4 Å². The summed E-state index contributed by atoms with van der Waals surface area (Å²) in [5.41, 5.74) is 1.18. The molecule has 0 aliphatic carbocycles. The first-order valence-electron chi connectivity index (χ1n) is 5.83. The summed E-state index contributed by atoms with van der Waals surface area (Å²) in [5.74, 6) is 1.16. The highest BCUT2D eigenvalue weighted by Crippen LogP contribution is 2.27. The Kier molecular flexibility index (Phi) is 4.27. The molecule has 2 N–H and O–H groups in total. The van der Waals surface area contributed by atoms with Crippen LogP contribution in [0.15, 0.2) is 30.3 Å². The maximum Gasteiger partial charge on any atom is 0.0626 e. The predicted octanol–water partition coefficient (Wildman–Crippen LogP) is 2.20. The largest absolute Gasteiger partial charge is 0.394 e. The number of hydrogen-bond donors (Lipinski definition) is 2. The summed E-state index contributed by atoms with van der Waals surface area (Å²) in [6, 6.07) is 10.8. The van der Waals surface area contributed by atoms with Gasteiger partial charge in [0.15, 0.2) is 0 Å². The lowest BCUT2D eigenvalue weighted by Gasteiger charge is -2.21. The molecule has 1 saturated heterocycles. The molecule has 0 spiro atoms. The number of rotatable bonds is 4. The van der Waals surface area contributed by atoms with Gasteiger partial charge in [0.25, 0.3) is 0 Å². The molecule has 2 unspecified atom stereocenters. The summed E-state index contributed by atoms with van der Waals surface area (Å²) >= 11 is 2.01. The van der Waals surface area contributed by atoms with Crippen molar-refractivity contribution in [2.24, 2.45) is 0 Å². The second-order valence-corrected chi connectivity index (χ2v) is 5.86. The highest BCUT2D eigenvalue weighted by atomic mass is 32.2. The van der Waals surface area contributed by atoms with Gasteiger partial charge in [-0.25, -0.2) is 0 Å². The van der Waals surface area contributed by atoms with Crippen molar-refractivity contribution in [1.29, 1.82) is 0 Å². The first kappa shape index (κ1) is 12.0. The Hall–Kier alpha value is -0.510. The van der Waals surface area contributed by atoms with E-state index < -0.39 is 0 Å². The van der Waals surface area contributed by atoms with Crippen LogP contribution in [0, 0.1) is 0 Å². The molecule has 1 aromatic carbocycles. The van der Waals surface area contributed by atoms with E-state index in [2.05, 4.69) is 24.4 Å². The molecule has 0 bridgehead atoms. The zero-order valence-corrected chi connectivity index (χ0v) is 10.4. The number of hydrogen-bond acceptors (Lipinski definition) is 3. The zero-order valence-electron chi connectivity index (χ0n) is 9.60. The molecule has 88 valence electrons. The Bertz CT molecular complexity index is 317. The van der Waals surface area contributed by atoms with Gasteiger partial charge in [-0.1, -0.05) is 37.3 Å².